The maximum absolute atomic E-state index is 13.5. The number of rotatable bonds is 5. The molecule has 0 saturated heterocycles. The van der Waals surface area contributed by atoms with Crippen LogP contribution in [0.2, 0.25) is 0 Å². The first kappa shape index (κ1) is 11.7. The second kappa shape index (κ2) is 5.54. The minimum Gasteiger partial charge on any atom is -0.308 e. The van der Waals surface area contributed by atoms with E-state index in [1.165, 1.54) is 6.07 Å². The van der Waals surface area contributed by atoms with Crippen molar-refractivity contribution in [3.63, 3.8) is 0 Å². The van der Waals surface area contributed by atoms with Crippen LogP contribution in [-0.2, 0) is 6.54 Å². The van der Waals surface area contributed by atoms with Gasteiger partial charge in [-0.05, 0) is 13.0 Å². The van der Waals surface area contributed by atoms with Crippen molar-refractivity contribution >= 4 is 0 Å². The Morgan fingerprint density at radius 1 is 1.41 bits per heavy atom. The summed E-state index contributed by atoms with van der Waals surface area (Å²) in [6, 6.07) is 6.79. The van der Waals surface area contributed by atoms with Gasteiger partial charge in [-0.3, -0.25) is 4.68 Å². The first-order valence-corrected chi connectivity index (χ1v) is 5.59. The van der Waals surface area contributed by atoms with Crippen LogP contribution in [0, 0.1) is 5.82 Å². The quantitative estimate of drug-likeness (QED) is 0.857. The van der Waals surface area contributed by atoms with E-state index in [2.05, 4.69) is 15.6 Å². The Hall–Kier alpha value is -1.75. The highest BCUT2D eigenvalue weighted by atomic mass is 19.1. The largest absolute Gasteiger partial charge is 0.308 e. The lowest BCUT2D eigenvalue weighted by Gasteiger charge is -2.14. The monoisotopic (exact) mass is 234 g/mol. The first-order chi connectivity index (χ1) is 8.27. The van der Waals surface area contributed by atoms with Gasteiger partial charge in [0.25, 0.3) is 0 Å². The Morgan fingerprint density at radius 3 is 2.94 bits per heavy atom. The van der Waals surface area contributed by atoms with Crippen LogP contribution >= 0.6 is 0 Å². The lowest BCUT2D eigenvalue weighted by molar-refractivity contribution is 0.484. The van der Waals surface area contributed by atoms with Gasteiger partial charge in [0.1, 0.15) is 5.82 Å². The zero-order valence-electron chi connectivity index (χ0n) is 9.68. The summed E-state index contributed by atoms with van der Waals surface area (Å²) in [7, 11) is 0. The van der Waals surface area contributed by atoms with Crippen molar-refractivity contribution in [2.45, 2.75) is 19.5 Å². The van der Waals surface area contributed by atoms with E-state index in [9.17, 15) is 4.39 Å². The molecule has 1 aromatic heterocycles. The van der Waals surface area contributed by atoms with Gasteiger partial charge >= 0.3 is 0 Å². The standard InChI is InChI=1S/C12H15FN4/c1-10(11-4-2-3-5-12(11)13)14-6-8-17-9-7-15-16-17/h2-5,7,9-10,14H,6,8H2,1H3. The zero-order valence-corrected chi connectivity index (χ0v) is 9.68. The van der Waals surface area contributed by atoms with Crippen LogP contribution in [0.5, 0.6) is 0 Å². The fraction of sp³-hybridized carbons (Fsp3) is 0.333. The maximum atomic E-state index is 13.5. The van der Waals surface area contributed by atoms with Gasteiger partial charge in [0.15, 0.2) is 0 Å². The minimum absolute atomic E-state index is 0.0141. The Bertz CT molecular complexity index is 455. The Labute approximate surface area is 99.5 Å². The van der Waals surface area contributed by atoms with Crippen LogP contribution in [0.15, 0.2) is 36.7 Å². The molecule has 0 saturated carbocycles. The normalized spacial score (nSPS) is 12.6. The summed E-state index contributed by atoms with van der Waals surface area (Å²) >= 11 is 0. The van der Waals surface area contributed by atoms with E-state index in [4.69, 9.17) is 0 Å². The predicted octanol–water partition coefficient (Wildman–Crippen LogP) is 1.77. The van der Waals surface area contributed by atoms with Gasteiger partial charge in [-0.1, -0.05) is 23.4 Å². The minimum atomic E-state index is -0.173. The van der Waals surface area contributed by atoms with Gasteiger partial charge in [0, 0.05) is 24.3 Å². The van der Waals surface area contributed by atoms with Crippen molar-refractivity contribution in [2.75, 3.05) is 6.54 Å². The molecule has 0 aliphatic carbocycles. The molecule has 0 bridgehead atoms. The summed E-state index contributed by atoms with van der Waals surface area (Å²) < 4.78 is 15.2. The zero-order chi connectivity index (χ0) is 12.1. The molecule has 4 nitrogen and oxygen atoms in total. The van der Waals surface area contributed by atoms with Crippen molar-refractivity contribution < 1.29 is 4.39 Å². The first-order valence-electron chi connectivity index (χ1n) is 5.59. The third kappa shape index (κ3) is 3.10. The maximum Gasteiger partial charge on any atom is 0.127 e. The molecule has 17 heavy (non-hydrogen) atoms. The SMILES string of the molecule is CC(NCCn1ccnn1)c1ccccc1F. The van der Waals surface area contributed by atoms with Crippen LogP contribution in [0.1, 0.15) is 18.5 Å². The number of hydrogen-bond donors (Lipinski definition) is 1. The van der Waals surface area contributed by atoms with E-state index in [0.717, 1.165) is 13.1 Å². The van der Waals surface area contributed by atoms with E-state index in [1.54, 1.807) is 29.2 Å². The molecule has 0 aliphatic rings. The summed E-state index contributed by atoms with van der Waals surface area (Å²) in [5.74, 6) is -0.173. The van der Waals surface area contributed by atoms with E-state index in [-0.39, 0.29) is 11.9 Å². The smallest absolute Gasteiger partial charge is 0.127 e. The highest BCUT2D eigenvalue weighted by Gasteiger charge is 2.08. The molecule has 0 spiro atoms. The van der Waals surface area contributed by atoms with Crippen LogP contribution < -0.4 is 5.32 Å². The lowest BCUT2D eigenvalue weighted by Crippen LogP contribution is -2.24. The fourth-order valence-electron chi connectivity index (χ4n) is 1.68. The molecule has 2 rings (SSSR count). The molecule has 90 valence electrons. The topological polar surface area (TPSA) is 42.7 Å². The summed E-state index contributed by atoms with van der Waals surface area (Å²) in [6.45, 7) is 3.39. The molecule has 5 heteroatoms. The summed E-state index contributed by atoms with van der Waals surface area (Å²) in [4.78, 5) is 0. The van der Waals surface area contributed by atoms with E-state index in [0.29, 0.717) is 5.56 Å². The molecule has 1 atom stereocenters. The third-order valence-corrected chi connectivity index (χ3v) is 2.64. The molecule has 0 radical (unpaired) electrons. The van der Waals surface area contributed by atoms with Gasteiger partial charge in [0.05, 0.1) is 12.7 Å². The van der Waals surface area contributed by atoms with Crippen molar-refractivity contribution in [1.29, 1.82) is 0 Å². The second-order valence-corrected chi connectivity index (χ2v) is 3.86. The van der Waals surface area contributed by atoms with Crippen LogP contribution in [-0.4, -0.2) is 21.5 Å². The lowest BCUT2D eigenvalue weighted by atomic mass is 10.1. The summed E-state index contributed by atoms with van der Waals surface area (Å²) in [5, 5.41) is 10.8. The number of hydrogen-bond acceptors (Lipinski definition) is 3. The number of benzene rings is 1. The number of aromatic nitrogens is 3. The average Bonchev–Trinajstić information content (AvgIpc) is 2.82. The van der Waals surface area contributed by atoms with Crippen LogP contribution in [0.25, 0.3) is 0 Å². The van der Waals surface area contributed by atoms with Gasteiger partial charge in [-0.2, -0.15) is 0 Å². The fourth-order valence-corrected chi connectivity index (χ4v) is 1.68. The Balaban J connectivity index is 1.85. The molecule has 0 fully saturated rings. The molecule has 1 aromatic carbocycles. The predicted molar refractivity (Wildman–Crippen MR) is 62.8 cm³/mol. The number of nitrogens with one attached hydrogen (secondary N) is 1. The highest BCUT2D eigenvalue weighted by molar-refractivity contribution is 5.20. The van der Waals surface area contributed by atoms with Crippen molar-refractivity contribution in [1.82, 2.24) is 20.3 Å². The molecular weight excluding hydrogens is 219 g/mol. The summed E-state index contributed by atoms with van der Waals surface area (Å²) in [6.07, 6.45) is 3.44. The molecule has 0 aliphatic heterocycles. The van der Waals surface area contributed by atoms with Crippen molar-refractivity contribution in [3.8, 4) is 0 Å². The van der Waals surface area contributed by atoms with Crippen LogP contribution in [0.3, 0.4) is 0 Å². The van der Waals surface area contributed by atoms with Crippen LogP contribution in [0.4, 0.5) is 4.39 Å². The Kier molecular flexibility index (Phi) is 3.82. The average molecular weight is 234 g/mol. The molecule has 1 heterocycles. The van der Waals surface area contributed by atoms with Gasteiger partial charge in [0.2, 0.25) is 0 Å². The molecule has 1 unspecified atom stereocenters. The second-order valence-electron chi connectivity index (χ2n) is 3.86. The van der Waals surface area contributed by atoms with E-state index < -0.39 is 0 Å². The molecule has 2 aromatic rings. The van der Waals surface area contributed by atoms with Crippen molar-refractivity contribution in [3.05, 3.63) is 48.0 Å². The van der Waals surface area contributed by atoms with Gasteiger partial charge in [-0.15, -0.1) is 5.10 Å². The number of nitrogens with zero attached hydrogens (tertiary/aromatic N) is 3. The van der Waals surface area contributed by atoms with Crippen molar-refractivity contribution in [2.24, 2.45) is 0 Å². The third-order valence-electron chi connectivity index (χ3n) is 2.64. The molecule has 0 amide bonds. The molecular formula is C12H15FN4. The highest BCUT2D eigenvalue weighted by Crippen LogP contribution is 2.15. The Morgan fingerprint density at radius 2 is 2.24 bits per heavy atom. The van der Waals surface area contributed by atoms with E-state index in [1.807, 2.05) is 13.0 Å². The number of halogens is 1. The van der Waals surface area contributed by atoms with Gasteiger partial charge < -0.3 is 5.32 Å². The molecule has 1 N–H and O–H groups in total. The summed E-state index contributed by atoms with van der Waals surface area (Å²) in [5.41, 5.74) is 0.686. The van der Waals surface area contributed by atoms with E-state index >= 15 is 0 Å². The van der Waals surface area contributed by atoms with Gasteiger partial charge in [-0.25, -0.2) is 4.39 Å².